The van der Waals surface area contributed by atoms with Crippen LogP contribution in [-0.4, -0.2) is 27.7 Å². The molecule has 0 amide bonds. The SMILES string of the molecule is CC(C)N1CCCC1c1cccnc1SC1CCCCC1. The van der Waals surface area contributed by atoms with Crippen molar-refractivity contribution in [2.24, 2.45) is 0 Å². The highest BCUT2D eigenvalue weighted by Crippen LogP contribution is 2.40. The summed E-state index contributed by atoms with van der Waals surface area (Å²) >= 11 is 2.05. The Kier molecular flexibility index (Phi) is 5.23. The molecule has 0 spiro atoms. The molecule has 1 saturated heterocycles. The topological polar surface area (TPSA) is 16.1 Å². The Morgan fingerprint density at radius 2 is 1.95 bits per heavy atom. The number of rotatable bonds is 4. The molecule has 1 aromatic rings. The molecule has 1 aromatic heterocycles. The van der Waals surface area contributed by atoms with Crippen molar-refractivity contribution in [2.45, 2.75) is 81.2 Å². The van der Waals surface area contributed by atoms with E-state index in [9.17, 15) is 0 Å². The van der Waals surface area contributed by atoms with Crippen molar-refractivity contribution in [3.05, 3.63) is 23.9 Å². The molecule has 0 bridgehead atoms. The zero-order chi connectivity index (χ0) is 14.7. The zero-order valence-corrected chi connectivity index (χ0v) is 14.2. The van der Waals surface area contributed by atoms with E-state index < -0.39 is 0 Å². The van der Waals surface area contributed by atoms with Crippen molar-refractivity contribution in [1.29, 1.82) is 0 Å². The van der Waals surface area contributed by atoms with Gasteiger partial charge in [0, 0.05) is 29.1 Å². The summed E-state index contributed by atoms with van der Waals surface area (Å²) in [6.07, 6.45) is 11.6. The maximum Gasteiger partial charge on any atom is 0.101 e. The first-order valence-corrected chi connectivity index (χ1v) is 9.51. The van der Waals surface area contributed by atoms with Crippen molar-refractivity contribution in [1.82, 2.24) is 9.88 Å². The standard InChI is InChI=1S/C18H28N2S/c1-14(2)20-13-7-11-17(20)16-10-6-12-19-18(16)21-15-8-4-3-5-9-15/h6,10,12,14-15,17H,3-5,7-9,11,13H2,1-2H3. The Morgan fingerprint density at radius 3 is 2.71 bits per heavy atom. The Bertz CT molecular complexity index is 454. The van der Waals surface area contributed by atoms with Crippen molar-refractivity contribution in [2.75, 3.05) is 6.54 Å². The summed E-state index contributed by atoms with van der Waals surface area (Å²) in [6.45, 7) is 5.88. The molecule has 1 atom stereocenters. The molecule has 3 rings (SSSR count). The molecule has 1 aliphatic carbocycles. The van der Waals surface area contributed by atoms with Crippen LogP contribution in [0, 0.1) is 0 Å². The molecule has 2 heterocycles. The van der Waals surface area contributed by atoms with Gasteiger partial charge >= 0.3 is 0 Å². The van der Waals surface area contributed by atoms with E-state index in [0.717, 1.165) is 5.25 Å². The van der Waals surface area contributed by atoms with E-state index in [2.05, 4.69) is 42.6 Å². The molecule has 1 aliphatic heterocycles. The normalized spacial score (nSPS) is 24.8. The van der Waals surface area contributed by atoms with Gasteiger partial charge in [-0.3, -0.25) is 4.90 Å². The van der Waals surface area contributed by atoms with Crippen molar-refractivity contribution in [3.8, 4) is 0 Å². The average Bonchev–Trinajstić information content (AvgIpc) is 2.98. The van der Waals surface area contributed by atoms with Crippen LogP contribution in [0.2, 0.25) is 0 Å². The monoisotopic (exact) mass is 304 g/mol. The van der Waals surface area contributed by atoms with Crippen LogP contribution in [-0.2, 0) is 0 Å². The highest BCUT2D eigenvalue weighted by atomic mass is 32.2. The van der Waals surface area contributed by atoms with Crippen LogP contribution in [0.1, 0.15) is 70.4 Å². The lowest BCUT2D eigenvalue weighted by Crippen LogP contribution is -2.30. The Balaban J connectivity index is 1.78. The van der Waals surface area contributed by atoms with Crippen LogP contribution >= 0.6 is 11.8 Å². The number of hydrogen-bond acceptors (Lipinski definition) is 3. The molecule has 3 heteroatoms. The van der Waals surface area contributed by atoms with Gasteiger partial charge in [0.15, 0.2) is 0 Å². The van der Waals surface area contributed by atoms with E-state index >= 15 is 0 Å². The molecule has 1 unspecified atom stereocenters. The van der Waals surface area contributed by atoms with Gasteiger partial charge in [0.25, 0.3) is 0 Å². The quantitative estimate of drug-likeness (QED) is 0.774. The fourth-order valence-electron chi connectivity index (χ4n) is 3.84. The Labute approximate surface area is 133 Å². The molecular formula is C18H28N2S. The van der Waals surface area contributed by atoms with Crippen LogP contribution in [0.3, 0.4) is 0 Å². The highest BCUT2D eigenvalue weighted by molar-refractivity contribution is 7.99. The number of pyridine rings is 1. The van der Waals surface area contributed by atoms with E-state index in [4.69, 9.17) is 4.98 Å². The van der Waals surface area contributed by atoms with Crippen LogP contribution in [0.5, 0.6) is 0 Å². The van der Waals surface area contributed by atoms with E-state index in [1.165, 1.54) is 62.1 Å². The zero-order valence-electron chi connectivity index (χ0n) is 13.4. The number of hydrogen-bond donors (Lipinski definition) is 0. The number of aromatic nitrogens is 1. The lowest BCUT2D eigenvalue weighted by molar-refractivity contribution is 0.203. The van der Waals surface area contributed by atoms with Gasteiger partial charge in [-0.25, -0.2) is 4.98 Å². The minimum absolute atomic E-state index is 0.588. The van der Waals surface area contributed by atoms with E-state index in [0.29, 0.717) is 12.1 Å². The van der Waals surface area contributed by atoms with Crippen LogP contribution in [0.4, 0.5) is 0 Å². The first kappa shape index (κ1) is 15.4. The summed E-state index contributed by atoms with van der Waals surface area (Å²) in [7, 11) is 0. The second kappa shape index (κ2) is 7.15. The van der Waals surface area contributed by atoms with Crippen LogP contribution < -0.4 is 0 Å². The minimum Gasteiger partial charge on any atom is -0.294 e. The molecule has 0 aromatic carbocycles. The molecule has 2 fully saturated rings. The fraction of sp³-hybridized carbons (Fsp3) is 0.722. The third-order valence-electron chi connectivity index (χ3n) is 4.95. The smallest absolute Gasteiger partial charge is 0.101 e. The first-order chi connectivity index (χ1) is 10.3. The minimum atomic E-state index is 0.588. The van der Waals surface area contributed by atoms with Gasteiger partial charge in [-0.2, -0.15) is 0 Å². The molecule has 2 nitrogen and oxygen atoms in total. The maximum atomic E-state index is 4.75. The largest absolute Gasteiger partial charge is 0.294 e. The van der Waals surface area contributed by atoms with E-state index in [-0.39, 0.29) is 0 Å². The van der Waals surface area contributed by atoms with Crippen LogP contribution in [0.15, 0.2) is 23.4 Å². The lowest BCUT2D eigenvalue weighted by atomic mass is 10.0. The number of thioether (sulfide) groups is 1. The van der Waals surface area contributed by atoms with Crippen molar-refractivity contribution >= 4 is 11.8 Å². The molecule has 0 N–H and O–H groups in total. The summed E-state index contributed by atoms with van der Waals surface area (Å²) in [4.78, 5) is 7.40. The molecule has 116 valence electrons. The van der Waals surface area contributed by atoms with Crippen molar-refractivity contribution < 1.29 is 0 Å². The summed E-state index contributed by atoms with van der Waals surface area (Å²) in [5.41, 5.74) is 1.49. The second-order valence-electron chi connectivity index (χ2n) is 6.77. The summed E-state index contributed by atoms with van der Waals surface area (Å²) < 4.78 is 0. The highest BCUT2D eigenvalue weighted by Gasteiger charge is 2.30. The van der Waals surface area contributed by atoms with Gasteiger partial charge in [-0.1, -0.05) is 25.3 Å². The molecule has 2 aliphatic rings. The van der Waals surface area contributed by atoms with Gasteiger partial charge < -0.3 is 0 Å². The molecular weight excluding hydrogens is 276 g/mol. The third-order valence-corrected chi connectivity index (χ3v) is 6.32. The van der Waals surface area contributed by atoms with Gasteiger partial charge in [-0.05, 0) is 52.1 Å². The third kappa shape index (κ3) is 3.62. The fourth-order valence-corrected chi connectivity index (χ4v) is 5.18. The number of nitrogens with zero attached hydrogens (tertiary/aromatic N) is 2. The lowest BCUT2D eigenvalue weighted by Gasteiger charge is -2.30. The predicted molar refractivity (Wildman–Crippen MR) is 90.8 cm³/mol. The number of likely N-dealkylation sites (tertiary alicyclic amines) is 1. The summed E-state index contributed by atoms with van der Waals surface area (Å²) in [5, 5.41) is 2.10. The molecule has 21 heavy (non-hydrogen) atoms. The first-order valence-electron chi connectivity index (χ1n) is 8.63. The molecule has 0 radical (unpaired) electrons. The van der Waals surface area contributed by atoms with Crippen LogP contribution in [0.25, 0.3) is 0 Å². The average molecular weight is 305 g/mol. The predicted octanol–water partition coefficient (Wildman–Crippen LogP) is 5.05. The second-order valence-corrected chi connectivity index (χ2v) is 8.05. The van der Waals surface area contributed by atoms with Gasteiger partial charge in [0.2, 0.25) is 0 Å². The Morgan fingerprint density at radius 1 is 1.14 bits per heavy atom. The Hall–Kier alpha value is -0.540. The summed E-state index contributed by atoms with van der Waals surface area (Å²) in [6, 6.07) is 5.66. The maximum absolute atomic E-state index is 4.75. The van der Waals surface area contributed by atoms with Crippen molar-refractivity contribution in [3.63, 3.8) is 0 Å². The van der Waals surface area contributed by atoms with Gasteiger partial charge in [0.1, 0.15) is 5.03 Å². The van der Waals surface area contributed by atoms with E-state index in [1.807, 2.05) is 6.20 Å². The van der Waals surface area contributed by atoms with Gasteiger partial charge in [-0.15, -0.1) is 11.8 Å². The molecule has 1 saturated carbocycles. The van der Waals surface area contributed by atoms with Gasteiger partial charge in [0.05, 0.1) is 0 Å². The van der Waals surface area contributed by atoms with E-state index in [1.54, 1.807) is 0 Å². The summed E-state index contributed by atoms with van der Waals surface area (Å²) in [5.74, 6) is 0.